The van der Waals surface area contributed by atoms with Crippen LogP contribution in [0.1, 0.15) is 19.4 Å². The van der Waals surface area contributed by atoms with Gasteiger partial charge in [0.05, 0.1) is 12.5 Å². The van der Waals surface area contributed by atoms with Crippen molar-refractivity contribution in [2.45, 2.75) is 25.7 Å². The Morgan fingerprint density at radius 2 is 1.95 bits per heavy atom. The average molecular weight is 315 g/mol. The Labute approximate surface area is 124 Å². The smallest absolute Gasteiger partial charge is 0.244 e. The first-order chi connectivity index (χ1) is 9.51. The van der Waals surface area contributed by atoms with Crippen LogP contribution in [0, 0.1) is 12.3 Å². The third-order valence-electron chi connectivity index (χ3n) is 3.21. The first kappa shape index (κ1) is 17.3. The topological polar surface area (TPSA) is 125 Å². The number of hydrogen-bond acceptors (Lipinski definition) is 5. The molecule has 0 unspecified atom stereocenters. The van der Waals surface area contributed by atoms with Crippen molar-refractivity contribution >= 4 is 21.6 Å². The van der Waals surface area contributed by atoms with Gasteiger partial charge in [-0.15, -0.1) is 0 Å². The van der Waals surface area contributed by atoms with Gasteiger partial charge >= 0.3 is 0 Å². The van der Waals surface area contributed by atoms with E-state index in [4.69, 9.17) is 16.2 Å². The fourth-order valence-electron chi connectivity index (χ4n) is 1.49. The highest BCUT2D eigenvalue weighted by molar-refractivity contribution is 7.89. The van der Waals surface area contributed by atoms with Gasteiger partial charge in [0.25, 0.3) is 0 Å². The Hall–Kier alpha value is -1.80. The molecular weight excluding hydrogens is 294 g/mol. The minimum atomic E-state index is -3.87. The van der Waals surface area contributed by atoms with Crippen molar-refractivity contribution in [3.05, 3.63) is 17.7 Å². The molecule has 0 fully saturated rings. The standard InChI is InChI=1S/C13H21N3O4S/c1-8-5-10(20-4)11(6-9(8)14)21(18,19)16-7-13(2,3)12(15)17/h5-6,16H,7,14H2,1-4H3,(H2,15,17). The molecule has 0 bridgehead atoms. The highest BCUT2D eigenvalue weighted by Gasteiger charge is 2.29. The summed E-state index contributed by atoms with van der Waals surface area (Å²) >= 11 is 0. The Balaban J connectivity index is 3.15. The highest BCUT2D eigenvalue weighted by atomic mass is 32.2. The zero-order chi connectivity index (χ0) is 16.4. The number of methoxy groups -OCH3 is 1. The second kappa shape index (κ2) is 5.90. The largest absolute Gasteiger partial charge is 0.495 e. The Morgan fingerprint density at radius 1 is 1.38 bits per heavy atom. The second-order valence-electron chi connectivity index (χ2n) is 5.43. The number of rotatable bonds is 6. The molecule has 0 aliphatic carbocycles. The SMILES string of the molecule is COc1cc(C)c(N)cc1S(=O)(=O)NCC(C)(C)C(N)=O. The molecule has 0 saturated carbocycles. The molecule has 0 aliphatic rings. The van der Waals surface area contributed by atoms with Gasteiger partial charge in [0.2, 0.25) is 15.9 Å². The number of primary amides is 1. The number of carbonyl (C=O) groups excluding carboxylic acids is 1. The summed E-state index contributed by atoms with van der Waals surface area (Å²) in [4.78, 5) is 11.2. The molecule has 8 heteroatoms. The summed E-state index contributed by atoms with van der Waals surface area (Å²) < 4.78 is 32.1. The van der Waals surface area contributed by atoms with Crippen LogP contribution in [0.3, 0.4) is 0 Å². The lowest BCUT2D eigenvalue weighted by atomic mass is 9.93. The Kier molecular flexibility index (Phi) is 4.85. The predicted molar refractivity (Wildman–Crippen MR) is 80.3 cm³/mol. The molecule has 118 valence electrons. The summed E-state index contributed by atoms with van der Waals surface area (Å²) in [6.07, 6.45) is 0. The molecule has 1 aromatic carbocycles. The summed E-state index contributed by atoms with van der Waals surface area (Å²) in [5.41, 5.74) is 11.0. The van der Waals surface area contributed by atoms with Gasteiger partial charge in [-0.2, -0.15) is 0 Å². The van der Waals surface area contributed by atoms with Crippen LogP contribution in [0.4, 0.5) is 5.69 Å². The highest BCUT2D eigenvalue weighted by Crippen LogP contribution is 2.29. The fraction of sp³-hybridized carbons (Fsp3) is 0.462. The summed E-state index contributed by atoms with van der Waals surface area (Å²) in [5, 5.41) is 0. The number of aryl methyl sites for hydroxylation is 1. The van der Waals surface area contributed by atoms with Crippen molar-refractivity contribution in [2.75, 3.05) is 19.4 Å². The van der Waals surface area contributed by atoms with Gasteiger partial charge in [0.15, 0.2) is 0 Å². The lowest BCUT2D eigenvalue weighted by Gasteiger charge is -2.21. The normalized spacial score (nSPS) is 12.2. The summed E-state index contributed by atoms with van der Waals surface area (Å²) in [7, 11) is -2.50. The average Bonchev–Trinajstić information content (AvgIpc) is 2.39. The number of amides is 1. The molecule has 21 heavy (non-hydrogen) atoms. The van der Waals surface area contributed by atoms with Gasteiger partial charge in [-0.3, -0.25) is 4.79 Å². The van der Waals surface area contributed by atoms with Crippen LogP contribution in [0.5, 0.6) is 5.75 Å². The quantitative estimate of drug-likeness (QED) is 0.654. The lowest BCUT2D eigenvalue weighted by Crippen LogP contribution is -2.42. The van der Waals surface area contributed by atoms with Crippen molar-refractivity contribution in [3.63, 3.8) is 0 Å². The van der Waals surface area contributed by atoms with E-state index < -0.39 is 21.3 Å². The molecule has 0 aliphatic heterocycles. The molecule has 0 heterocycles. The van der Waals surface area contributed by atoms with Crippen LogP contribution in [-0.4, -0.2) is 28.0 Å². The number of nitrogen functional groups attached to an aromatic ring is 1. The van der Waals surface area contributed by atoms with E-state index in [-0.39, 0.29) is 17.2 Å². The third-order valence-corrected chi connectivity index (χ3v) is 4.64. The van der Waals surface area contributed by atoms with E-state index in [1.54, 1.807) is 26.8 Å². The molecule has 7 nitrogen and oxygen atoms in total. The molecule has 0 saturated heterocycles. The van der Waals surface area contributed by atoms with E-state index in [2.05, 4.69) is 4.72 Å². The zero-order valence-electron chi connectivity index (χ0n) is 12.6. The van der Waals surface area contributed by atoms with Crippen LogP contribution < -0.4 is 20.9 Å². The first-order valence-corrected chi connectivity index (χ1v) is 7.73. The van der Waals surface area contributed by atoms with Gasteiger partial charge in [0.1, 0.15) is 10.6 Å². The van der Waals surface area contributed by atoms with E-state index in [1.165, 1.54) is 13.2 Å². The van der Waals surface area contributed by atoms with Crippen molar-refractivity contribution in [1.29, 1.82) is 0 Å². The van der Waals surface area contributed by atoms with Gasteiger partial charge in [0, 0.05) is 12.2 Å². The maximum atomic E-state index is 12.3. The van der Waals surface area contributed by atoms with Crippen LogP contribution in [0.2, 0.25) is 0 Å². The van der Waals surface area contributed by atoms with Gasteiger partial charge in [-0.05, 0) is 38.5 Å². The maximum Gasteiger partial charge on any atom is 0.244 e. The van der Waals surface area contributed by atoms with Crippen molar-refractivity contribution < 1.29 is 17.9 Å². The Morgan fingerprint density at radius 3 is 2.43 bits per heavy atom. The van der Waals surface area contributed by atoms with Crippen LogP contribution in [0.15, 0.2) is 17.0 Å². The number of sulfonamides is 1. The molecule has 1 aromatic rings. The number of carbonyl (C=O) groups is 1. The van der Waals surface area contributed by atoms with E-state index in [9.17, 15) is 13.2 Å². The number of benzene rings is 1. The van der Waals surface area contributed by atoms with E-state index in [0.717, 1.165) is 0 Å². The molecule has 5 N–H and O–H groups in total. The van der Waals surface area contributed by atoms with Crippen LogP contribution in [-0.2, 0) is 14.8 Å². The number of ether oxygens (including phenoxy) is 1. The van der Waals surface area contributed by atoms with Gasteiger partial charge < -0.3 is 16.2 Å². The summed E-state index contributed by atoms with van der Waals surface area (Å²) in [5.74, 6) is -0.410. The molecule has 0 spiro atoms. The minimum absolute atomic E-state index is 0.0756. The number of nitrogens with two attached hydrogens (primary N) is 2. The molecule has 0 aromatic heterocycles. The summed E-state index contributed by atoms with van der Waals surface area (Å²) in [6.45, 7) is 4.73. The first-order valence-electron chi connectivity index (χ1n) is 6.25. The Bertz CT molecular complexity index is 654. The van der Waals surface area contributed by atoms with Crippen molar-refractivity contribution in [2.24, 2.45) is 11.1 Å². The number of hydrogen-bond donors (Lipinski definition) is 3. The monoisotopic (exact) mass is 315 g/mol. The van der Waals surface area contributed by atoms with Gasteiger partial charge in [-0.1, -0.05) is 0 Å². The van der Waals surface area contributed by atoms with Crippen molar-refractivity contribution in [3.8, 4) is 5.75 Å². The molecule has 0 radical (unpaired) electrons. The van der Waals surface area contributed by atoms with Crippen LogP contribution >= 0.6 is 0 Å². The number of anilines is 1. The minimum Gasteiger partial charge on any atom is -0.495 e. The zero-order valence-corrected chi connectivity index (χ0v) is 13.4. The van der Waals surface area contributed by atoms with Crippen molar-refractivity contribution in [1.82, 2.24) is 4.72 Å². The van der Waals surface area contributed by atoms with E-state index in [0.29, 0.717) is 11.3 Å². The maximum absolute atomic E-state index is 12.3. The third kappa shape index (κ3) is 3.85. The van der Waals surface area contributed by atoms with Crippen LogP contribution in [0.25, 0.3) is 0 Å². The summed E-state index contributed by atoms with van der Waals surface area (Å²) in [6, 6.07) is 2.87. The lowest BCUT2D eigenvalue weighted by molar-refractivity contribution is -0.125. The molecule has 1 rings (SSSR count). The molecule has 1 amide bonds. The molecular formula is C13H21N3O4S. The van der Waals surface area contributed by atoms with E-state index >= 15 is 0 Å². The number of nitrogens with one attached hydrogen (secondary N) is 1. The predicted octanol–water partition coefficient (Wildman–Crippen LogP) is 0.376. The van der Waals surface area contributed by atoms with E-state index in [1.807, 2.05) is 0 Å². The fourth-order valence-corrected chi connectivity index (χ4v) is 2.88. The second-order valence-corrected chi connectivity index (χ2v) is 7.17. The molecule has 0 atom stereocenters. The van der Waals surface area contributed by atoms with Gasteiger partial charge in [-0.25, -0.2) is 13.1 Å².